The Morgan fingerprint density at radius 2 is 0.527 bits per heavy atom. The Balaban J connectivity index is 1.48. The fraction of sp³-hybridized carbons (Fsp3) is 0.416. The minimum Gasteiger partial charge on any atom is -0.481 e. The number of urea groups is 6. The molecule has 3 aliphatic rings. The molecule has 14 amide bonds. The molecule has 0 fully saturated rings. The molecule has 0 atom stereocenters. The van der Waals surface area contributed by atoms with Gasteiger partial charge in [-0.1, -0.05) is 41.5 Å². The lowest BCUT2D eigenvalue weighted by Gasteiger charge is -2.34. The second kappa shape index (κ2) is 40.0. The van der Waals surface area contributed by atoms with Crippen LogP contribution < -0.4 is 74.4 Å². The van der Waals surface area contributed by atoms with Crippen molar-refractivity contribution in [3.8, 4) is 0 Å². The van der Waals surface area contributed by atoms with Gasteiger partial charge in [-0.3, -0.25) is 43.2 Å². The van der Waals surface area contributed by atoms with E-state index in [-0.39, 0.29) is 167 Å². The minimum atomic E-state index is -1.70. The Bertz CT molecular complexity index is 4190. The lowest BCUT2D eigenvalue weighted by atomic mass is 9.83. The van der Waals surface area contributed by atoms with Gasteiger partial charge in [0, 0.05) is 106 Å². The van der Waals surface area contributed by atoms with Crippen LogP contribution in [0.1, 0.15) is 216 Å². The van der Waals surface area contributed by atoms with Crippen molar-refractivity contribution >= 4 is 124 Å². The van der Waals surface area contributed by atoms with E-state index in [4.69, 9.17) is 0 Å². The Morgan fingerprint density at radius 3 is 0.732 bits per heavy atom. The van der Waals surface area contributed by atoms with Crippen LogP contribution in [-0.4, -0.2) is 132 Å². The average molecular weight is 1550 g/mol. The predicted octanol–water partition coefficient (Wildman–Crippen LogP) is 9.56. The van der Waals surface area contributed by atoms with Crippen molar-refractivity contribution in [1.82, 2.24) is 42.5 Å². The van der Waals surface area contributed by atoms with E-state index in [1.165, 1.54) is 54.6 Å². The topological polar surface area (TPSA) is 546 Å². The van der Waals surface area contributed by atoms with Gasteiger partial charge in [0.25, 0.3) is 11.8 Å². The number of fused-ring (bicyclic) bond motifs is 18. The van der Waals surface area contributed by atoms with Crippen LogP contribution in [0.4, 0.5) is 62.9 Å². The van der Waals surface area contributed by atoms with E-state index in [0.717, 1.165) is 0 Å². The molecule has 20 N–H and O–H groups in total. The van der Waals surface area contributed by atoms with Crippen LogP contribution in [-0.2, 0) is 107 Å². The second-order valence-electron chi connectivity index (χ2n) is 27.0. The zero-order valence-corrected chi connectivity index (χ0v) is 63.1. The molecule has 35 nitrogen and oxygen atoms in total. The van der Waals surface area contributed by atoms with Crippen molar-refractivity contribution in [3.05, 3.63) is 138 Å². The Morgan fingerprint density at radius 1 is 0.321 bits per heavy atom. The number of amides is 14. The fourth-order valence-corrected chi connectivity index (χ4v) is 14.5. The lowest BCUT2D eigenvalue weighted by molar-refractivity contribution is -0.140. The van der Waals surface area contributed by atoms with E-state index >= 15 is 0 Å². The van der Waals surface area contributed by atoms with Crippen LogP contribution in [0.25, 0.3) is 0 Å². The van der Waals surface area contributed by atoms with E-state index in [9.17, 15) is 103 Å². The molecule has 0 saturated carbocycles. The number of carboxylic acid groups (broad SMARTS) is 6. The Labute approximate surface area is 644 Å². The molecule has 6 bridgehead atoms. The summed E-state index contributed by atoms with van der Waals surface area (Å²) in [7, 11) is 0. The number of benzene rings is 5. The van der Waals surface area contributed by atoms with Crippen LogP contribution in [0.5, 0.6) is 0 Å². The van der Waals surface area contributed by atoms with E-state index in [1.54, 1.807) is 0 Å². The number of nitrogens with one attached hydrogen (secondary N) is 14. The SMILES string of the molecule is CCc1c2c(CC)c3c(CC)c1CNC(=O)Nc1ccc(C(=O)NC(CCC(=O)O)(CCC(=O)O)CCC(=O)O)cc1NC(=O)NCc1c(CC)c(c(CC)c(c1CC)CNC(=O)Nc1cc(C(=O)NC(CCC(=O)O)(CCC(=O)O)CCC(=O)O)ccc1NC(=O)NC3)CNC(=O)Nc1cc(C=O)ccc1NC(=O)NC2. The number of carboxylic acids is 6. The largest absolute Gasteiger partial charge is 0.481 e. The summed E-state index contributed by atoms with van der Waals surface area (Å²) in [5.74, 6) is -9.77. The summed E-state index contributed by atoms with van der Waals surface area (Å²) in [6.45, 7) is 9.51. The third kappa shape index (κ3) is 23.3. The highest BCUT2D eigenvalue weighted by atomic mass is 16.4. The van der Waals surface area contributed by atoms with Gasteiger partial charge < -0.3 is 105 Å². The van der Waals surface area contributed by atoms with Crippen LogP contribution in [0.15, 0.2) is 54.6 Å². The third-order valence-electron chi connectivity index (χ3n) is 19.9. The maximum absolute atomic E-state index is 14.8. The number of carbonyl (C=O) groups is 15. The van der Waals surface area contributed by atoms with Crippen LogP contribution >= 0.6 is 0 Å². The molecule has 0 spiro atoms. The van der Waals surface area contributed by atoms with Gasteiger partial charge in [0.05, 0.1) is 34.1 Å². The molecule has 112 heavy (non-hydrogen) atoms. The van der Waals surface area contributed by atoms with Gasteiger partial charge in [-0.25, -0.2) is 28.8 Å². The number of aldehydes is 1. The first-order chi connectivity index (χ1) is 53.3. The van der Waals surface area contributed by atoms with Gasteiger partial charge in [0.15, 0.2) is 0 Å². The monoisotopic (exact) mass is 1550 g/mol. The molecule has 0 aliphatic carbocycles. The molecule has 0 radical (unpaired) electrons. The summed E-state index contributed by atoms with van der Waals surface area (Å²) < 4.78 is 0. The summed E-state index contributed by atoms with van der Waals surface area (Å²) >= 11 is 0. The number of rotatable bonds is 29. The van der Waals surface area contributed by atoms with E-state index in [2.05, 4.69) is 74.4 Å². The molecule has 0 aromatic heterocycles. The van der Waals surface area contributed by atoms with Gasteiger partial charge in [0.2, 0.25) is 0 Å². The minimum absolute atomic E-state index is 0.0167. The van der Waals surface area contributed by atoms with E-state index in [0.29, 0.717) is 73.0 Å². The van der Waals surface area contributed by atoms with Gasteiger partial charge in [-0.15, -0.1) is 0 Å². The third-order valence-corrected chi connectivity index (χ3v) is 19.9. The first kappa shape index (κ1) is 86.4. The summed E-state index contributed by atoms with van der Waals surface area (Å²) in [4.78, 5) is 201. The highest BCUT2D eigenvalue weighted by Gasteiger charge is 2.37. The van der Waals surface area contributed by atoms with Crippen molar-refractivity contribution in [3.63, 3.8) is 0 Å². The molecule has 0 saturated heterocycles. The predicted molar refractivity (Wildman–Crippen MR) is 411 cm³/mol. The highest BCUT2D eigenvalue weighted by molar-refractivity contribution is 6.05. The standard InChI is InChI=1S/C77H96N14O21/c1-7-44-50-34-78-70(107)84-56-16-13-41(40-92)31-59(56)87-73(110)81-37-53-47(10-4)54-38-82-74(111)88-60-32-42(68(105)90-76(25-19-62(93)94,26-20-63(95)96)27-21-64(97)98)14-17-57(60)85-71(108)79-35-51(44)46(9-3)52(45(50)8-2)36-80-72(109)86-58-18-15-43(33-61(58)89-75(112)83-39-55(48(53)11-5)49(54)12-6)69(106)91-77(28-22-65(99)100,29-23-66(101)102)30-24-67(103)104/h13-18,31-33,40H,7-12,19-30,34-39H2,1-6H3,(H,90,105)(H,91,106)(H,93,94)(H,95,96)(H,97,98)(H,99,100)(H,101,102)(H,103,104)(H2,78,84,107)(H2,79,85,108)(H2,80,86,109)(H2,81,87,110)(H2,82,88,111)(H2,83,89,112). The maximum Gasteiger partial charge on any atom is 0.319 e. The summed E-state index contributed by atoms with van der Waals surface area (Å²) in [6, 6.07) is 6.60. The zero-order valence-electron chi connectivity index (χ0n) is 63.1. The van der Waals surface area contributed by atoms with Gasteiger partial charge in [-0.2, -0.15) is 0 Å². The molecule has 8 rings (SSSR count). The number of hydrogen-bond donors (Lipinski definition) is 20. The van der Waals surface area contributed by atoms with E-state index < -0.39 is 133 Å². The van der Waals surface area contributed by atoms with Crippen LogP contribution in [0.3, 0.4) is 0 Å². The molecule has 0 unspecified atom stereocenters. The van der Waals surface area contributed by atoms with Crippen LogP contribution in [0, 0.1) is 0 Å². The van der Waals surface area contributed by atoms with Gasteiger partial charge in [0.1, 0.15) is 6.29 Å². The van der Waals surface area contributed by atoms with Crippen molar-refractivity contribution < 1.29 is 103 Å². The molecule has 3 heterocycles. The fourth-order valence-electron chi connectivity index (χ4n) is 14.5. The smallest absolute Gasteiger partial charge is 0.319 e. The second-order valence-corrected chi connectivity index (χ2v) is 27.0. The first-order valence-electron chi connectivity index (χ1n) is 36.8. The molecular formula is C77H96N14O21. The molecule has 3 aliphatic heterocycles. The lowest BCUT2D eigenvalue weighted by Crippen LogP contribution is -2.49. The number of anilines is 6. The van der Waals surface area contributed by atoms with Gasteiger partial charge in [-0.05, 0) is 198 Å². The maximum atomic E-state index is 14.8. The highest BCUT2D eigenvalue weighted by Crippen LogP contribution is 2.36. The Hall–Kier alpha value is -12.9. The van der Waals surface area contributed by atoms with Crippen LogP contribution in [0.2, 0.25) is 0 Å². The molecule has 5 aromatic carbocycles. The average Bonchev–Trinajstić information content (AvgIpc) is 0.773. The molecule has 5 aromatic rings. The van der Waals surface area contributed by atoms with Crippen molar-refractivity contribution in [2.45, 2.75) is 207 Å². The number of hydrogen-bond acceptors (Lipinski definition) is 15. The summed E-state index contributed by atoms with van der Waals surface area (Å²) in [6.07, 6.45) is -3.73. The van der Waals surface area contributed by atoms with E-state index in [1.807, 2.05) is 41.5 Å². The quantitative estimate of drug-likeness (QED) is 0.0198. The zero-order chi connectivity index (χ0) is 82.1. The summed E-state index contributed by atoms with van der Waals surface area (Å²) in [5.41, 5.74) is 2.80. The Kier molecular flexibility index (Phi) is 30.9. The molecule has 600 valence electrons. The van der Waals surface area contributed by atoms with Crippen molar-refractivity contribution in [2.75, 3.05) is 31.9 Å². The number of aliphatic carboxylic acids is 6. The summed E-state index contributed by atoms with van der Waals surface area (Å²) in [5, 5.41) is 98.0. The molecule has 35 heteroatoms. The number of carbonyl (C=O) groups excluding carboxylic acids is 9. The molecular weight excluding hydrogens is 1460 g/mol. The van der Waals surface area contributed by atoms with Crippen molar-refractivity contribution in [2.24, 2.45) is 0 Å². The first-order valence-corrected chi connectivity index (χ1v) is 36.8. The van der Waals surface area contributed by atoms with Crippen molar-refractivity contribution in [1.29, 1.82) is 0 Å². The normalized spacial score (nSPS) is 13.8. The van der Waals surface area contributed by atoms with Gasteiger partial charge >= 0.3 is 72.0 Å².